The minimum Gasteiger partial charge on any atom is -0.489 e. The van der Waals surface area contributed by atoms with Crippen molar-refractivity contribution in [3.63, 3.8) is 0 Å². The molecule has 1 aromatic carbocycles. The van der Waals surface area contributed by atoms with E-state index in [4.69, 9.17) is 4.74 Å². The Kier molecular flexibility index (Phi) is 5.67. The molecule has 0 saturated carbocycles. The van der Waals surface area contributed by atoms with Crippen molar-refractivity contribution in [1.29, 1.82) is 0 Å². The molecule has 1 aliphatic rings. The van der Waals surface area contributed by atoms with Gasteiger partial charge < -0.3 is 15.0 Å². The van der Waals surface area contributed by atoms with Crippen LogP contribution in [0.1, 0.15) is 26.2 Å². The molecule has 114 valence electrons. The van der Waals surface area contributed by atoms with Crippen molar-refractivity contribution >= 4 is 11.6 Å². The standard InChI is InChI=1S/C17H24N2O2/c1-14(2)13-21-16-8-6-15(7-9-16)18-12-17(20)19-10-4-3-5-11-19/h6-9,18H,1,3-5,10-13H2,2H3. The van der Waals surface area contributed by atoms with Crippen LogP contribution in [0.5, 0.6) is 5.75 Å². The summed E-state index contributed by atoms with van der Waals surface area (Å²) in [6.45, 7) is 8.41. The van der Waals surface area contributed by atoms with E-state index < -0.39 is 0 Å². The van der Waals surface area contributed by atoms with E-state index in [9.17, 15) is 4.79 Å². The lowest BCUT2D eigenvalue weighted by molar-refractivity contribution is -0.130. The molecule has 0 spiro atoms. The number of hydrogen-bond acceptors (Lipinski definition) is 3. The Morgan fingerprint density at radius 3 is 2.52 bits per heavy atom. The number of likely N-dealkylation sites (tertiary alicyclic amines) is 1. The summed E-state index contributed by atoms with van der Waals surface area (Å²) in [5.74, 6) is 0.989. The predicted octanol–water partition coefficient (Wildman–Crippen LogP) is 3.07. The highest BCUT2D eigenvalue weighted by atomic mass is 16.5. The van der Waals surface area contributed by atoms with E-state index in [1.165, 1.54) is 6.42 Å². The lowest BCUT2D eigenvalue weighted by Crippen LogP contribution is -2.39. The van der Waals surface area contributed by atoms with Gasteiger partial charge in [0.25, 0.3) is 0 Å². The molecular formula is C17H24N2O2. The van der Waals surface area contributed by atoms with Gasteiger partial charge >= 0.3 is 0 Å². The number of anilines is 1. The van der Waals surface area contributed by atoms with Crippen molar-refractivity contribution in [2.24, 2.45) is 0 Å². The van der Waals surface area contributed by atoms with Gasteiger partial charge in [0.05, 0.1) is 6.54 Å². The van der Waals surface area contributed by atoms with E-state index in [0.29, 0.717) is 13.2 Å². The molecule has 0 aliphatic carbocycles. The Morgan fingerprint density at radius 2 is 1.90 bits per heavy atom. The van der Waals surface area contributed by atoms with Gasteiger partial charge in [-0.3, -0.25) is 4.79 Å². The molecule has 21 heavy (non-hydrogen) atoms. The number of rotatable bonds is 6. The first-order chi connectivity index (χ1) is 10.1. The van der Waals surface area contributed by atoms with E-state index in [0.717, 1.165) is 42.9 Å². The fraction of sp³-hybridized carbons (Fsp3) is 0.471. The number of carbonyl (C=O) groups is 1. The number of ether oxygens (including phenoxy) is 1. The fourth-order valence-electron chi connectivity index (χ4n) is 2.31. The summed E-state index contributed by atoms with van der Waals surface area (Å²) in [4.78, 5) is 14.0. The minimum atomic E-state index is 0.178. The summed E-state index contributed by atoms with van der Waals surface area (Å²) in [5, 5.41) is 3.17. The van der Waals surface area contributed by atoms with Gasteiger partial charge in [-0.05, 0) is 56.0 Å². The molecule has 0 radical (unpaired) electrons. The van der Waals surface area contributed by atoms with Crippen LogP contribution >= 0.6 is 0 Å². The zero-order valence-corrected chi connectivity index (χ0v) is 12.7. The second-order valence-corrected chi connectivity index (χ2v) is 5.57. The Labute approximate surface area is 126 Å². The number of piperidine rings is 1. The molecule has 0 aromatic heterocycles. The molecule has 0 atom stereocenters. The average Bonchev–Trinajstić information content (AvgIpc) is 2.52. The summed E-state index contributed by atoms with van der Waals surface area (Å²) >= 11 is 0. The normalized spacial score (nSPS) is 14.6. The number of hydrogen-bond donors (Lipinski definition) is 1. The van der Waals surface area contributed by atoms with Gasteiger partial charge in [0.2, 0.25) is 5.91 Å². The van der Waals surface area contributed by atoms with Crippen molar-refractivity contribution in [3.05, 3.63) is 36.4 Å². The molecular weight excluding hydrogens is 264 g/mol. The first kappa shape index (κ1) is 15.4. The van der Waals surface area contributed by atoms with Crippen LogP contribution in [0.15, 0.2) is 36.4 Å². The Bertz CT molecular complexity index is 476. The Morgan fingerprint density at radius 1 is 1.24 bits per heavy atom. The van der Waals surface area contributed by atoms with Gasteiger partial charge in [-0.2, -0.15) is 0 Å². The summed E-state index contributed by atoms with van der Waals surface area (Å²) in [7, 11) is 0. The zero-order valence-electron chi connectivity index (χ0n) is 12.7. The van der Waals surface area contributed by atoms with Gasteiger partial charge in [0.15, 0.2) is 0 Å². The topological polar surface area (TPSA) is 41.6 Å². The number of nitrogens with zero attached hydrogens (tertiary/aromatic N) is 1. The monoisotopic (exact) mass is 288 g/mol. The lowest BCUT2D eigenvalue weighted by atomic mass is 10.1. The first-order valence-electron chi connectivity index (χ1n) is 7.54. The molecule has 1 aromatic rings. The number of benzene rings is 1. The number of carbonyl (C=O) groups excluding carboxylic acids is 1. The second-order valence-electron chi connectivity index (χ2n) is 5.57. The van der Waals surface area contributed by atoms with Gasteiger partial charge in [0, 0.05) is 18.8 Å². The SMILES string of the molecule is C=C(C)COc1ccc(NCC(=O)N2CCCCC2)cc1. The van der Waals surface area contributed by atoms with Gasteiger partial charge in [0.1, 0.15) is 12.4 Å². The van der Waals surface area contributed by atoms with Crippen molar-refractivity contribution in [2.75, 3.05) is 31.6 Å². The maximum atomic E-state index is 12.0. The van der Waals surface area contributed by atoms with Gasteiger partial charge in [-0.25, -0.2) is 0 Å². The minimum absolute atomic E-state index is 0.178. The maximum absolute atomic E-state index is 12.0. The van der Waals surface area contributed by atoms with Crippen LogP contribution < -0.4 is 10.1 Å². The quantitative estimate of drug-likeness (QED) is 0.818. The van der Waals surface area contributed by atoms with E-state index in [1.54, 1.807) is 0 Å². The summed E-state index contributed by atoms with van der Waals surface area (Å²) < 4.78 is 5.54. The molecule has 1 amide bonds. The van der Waals surface area contributed by atoms with Crippen LogP contribution in [0.4, 0.5) is 5.69 Å². The number of amides is 1. The largest absolute Gasteiger partial charge is 0.489 e. The van der Waals surface area contributed by atoms with Crippen LogP contribution in [0.3, 0.4) is 0 Å². The zero-order chi connectivity index (χ0) is 15.1. The first-order valence-corrected chi connectivity index (χ1v) is 7.54. The molecule has 4 heteroatoms. The van der Waals surface area contributed by atoms with Crippen LogP contribution in [0, 0.1) is 0 Å². The van der Waals surface area contributed by atoms with Crippen LogP contribution in [-0.2, 0) is 4.79 Å². The third-order valence-electron chi connectivity index (χ3n) is 3.49. The molecule has 1 heterocycles. The molecule has 1 aliphatic heterocycles. The van der Waals surface area contributed by atoms with E-state index in [2.05, 4.69) is 11.9 Å². The maximum Gasteiger partial charge on any atom is 0.241 e. The lowest BCUT2D eigenvalue weighted by Gasteiger charge is -2.26. The summed E-state index contributed by atoms with van der Waals surface area (Å²) in [6, 6.07) is 7.65. The van der Waals surface area contributed by atoms with Gasteiger partial charge in [-0.15, -0.1) is 0 Å². The highest BCUT2D eigenvalue weighted by Gasteiger charge is 2.15. The smallest absolute Gasteiger partial charge is 0.241 e. The third-order valence-corrected chi connectivity index (χ3v) is 3.49. The number of nitrogens with one attached hydrogen (secondary N) is 1. The van der Waals surface area contributed by atoms with Crippen molar-refractivity contribution in [2.45, 2.75) is 26.2 Å². The Hall–Kier alpha value is -1.97. The van der Waals surface area contributed by atoms with Gasteiger partial charge in [-0.1, -0.05) is 6.58 Å². The van der Waals surface area contributed by atoms with E-state index >= 15 is 0 Å². The van der Waals surface area contributed by atoms with Crippen molar-refractivity contribution in [3.8, 4) is 5.75 Å². The fourth-order valence-corrected chi connectivity index (χ4v) is 2.31. The van der Waals surface area contributed by atoms with Crippen molar-refractivity contribution in [1.82, 2.24) is 4.90 Å². The molecule has 0 bridgehead atoms. The molecule has 1 N–H and O–H groups in total. The summed E-state index contributed by atoms with van der Waals surface area (Å²) in [6.07, 6.45) is 3.49. The van der Waals surface area contributed by atoms with Crippen LogP contribution in [0.25, 0.3) is 0 Å². The van der Waals surface area contributed by atoms with Crippen molar-refractivity contribution < 1.29 is 9.53 Å². The Balaban J connectivity index is 1.77. The molecule has 0 unspecified atom stereocenters. The summed E-state index contributed by atoms with van der Waals surface area (Å²) in [5.41, 5.74) is 1.92. The average molecular weight is 288 g/mol. The van der Waals surface area contributed by atoms with Crippen LogP contribution in [-0.4, -0.2) is 37.0 Å². The van der Waals surface area contributed by atoms with Crippen LogP contribution in [0.2, 0.25) is 0 Å². The molecule has 1 saturated heterocycles. The third kappa shape index (κ3) is 5.14. The molecule has 4 nitrogen and oxygen atoms in total. The molecule has 2 rings (SSSR count). The van der Waals surface area contributed by atoms with E-state index in [1.807, 2.05) is 36.1 Å². The second kappa shape index (κ2) is 7.72. The highest BCUT2D eigenvalue weighted by molar-refractivity contribution is 5.80. The predicted molar refractivity (Wildman–Crippen MR) is 85.7 cm³/mol. The van der Waals surface area contributed by atoms with E-state index in [-0.39, 0.29) is 5.91 Å². The molecule has 1 fully saturated rings. The highest BCUT2D eigenvalue weighted by Crippen LogP contribution is 2.16.